The molecule has 0 saturated carbocycles. The van der Waals surface area contributed by atoms with Gasteiger partial charge in [-0.2, -0.15) is 0 Å². The zero-order valence-electron chi connectivity index (χ0n) is 9.57. The zero-order chi connectivity index (χ0) is 13.1. The summed E-state index contributed by atoms with van der Waals surface area (Å²) in [5.41, 5.74) is 0.863. The Labute approximate surface area is 109 Å². The zero-order valence-corrected chi connectivity index (χ0v) is 10.3. The summed E-state index contributed by atoms with van der Waals surface area (Å²) in [7, 11) is 0. The highest BCUT2D eigenvalue weighted by molar-refractivity contribution is 6.32. The van der Waals surface area contributed by atoms with Crippen LogP contribution in [0.1, 0.15) is 18.4 Å². The smallest absolute Gasteiger partial charge is 0.243 e. The third-order valence-corrected chi connectivity index (χ3v) is 3.11. The number of carbonyl (C=O) groups is 2. The lowest BCUT2D eigenvalue weighted by Gasteiger charge is -2.21. The number of phenols is 1. The van der Waals surface area contributed by atoms with Gasteiger partial charge < -0.3 is 10.4 Å². The molecular weight excluding hydrogens is 256 g/mol. The third-order valence-electron chi connectivity index (χ3n) is 2.80. The number of imide groups is 1. The molecule has 1 aromatic carbocycles. The van der Waals surface area contributed by atoms with Crippen LogP contribution in [0, 0.1) is 0 Å². The lowest BCUT2D eigenvalue weighted by Crippen LogP contribution is -2.50. The number of benzene rings is 1. The first-order valence-corrected chi connectivity index (χ1v) is 5.98. The Balaban J connectivity index is 1.93. The van der Waals surface area contributed by atoms with Crippen molar-refractivity contribution >= 4 is 23.4 Å². The molecule has 6 heteroatoms. The Morgan fingerprint density at radius 1 is 1.44 bits per heavy atom. The summed E-state index contributed by atoms with van der Waals surface area (Å²) in [6.45, 7) is 0.451. The van der Waals surface area contributed by atoms with Crippen molar-refractivity contribution in [3.05, 3.63) is 28.8 Å². The van der Waals surface area contributed by atoms with Crippen LogP contribution in [-0.2, 0) is 16.1 Å². The Kier molecular flexibility index (Phi) is 3.84. The SMILES string of the molecule is O=C1CCC(NCc2ccc(O)c(Cl)c2)C(=O)N1. The number of amides is 2. The Hall–Kier alpha value is -1.59. The number of hydrogen-bond acceptors (Lipinski definition) is 4. The van der Waals surface area contributed by atoms with Crippen LogP contribution in [0.4, 0.5) is 0 Å². The van der Waals surface area contributed by atoms with Gasteiger partial charge in [-0.1, -0.05) is 17.7 Å². The third kappa shape index (κ3) is 3.00. The van der Waals surface area contributed by atoms with Crippen molar-refractivity contribution in [3.8, 4) is 5.75 Å². The minimum atomic E-state index is -0.365. The fourth-order valence-electron chi connectivity index (χ4n) is 1.79. The second kappa shape index (κ2) is 5.37. The molecule has 2 rings (SSSR count). The number of rotatable bonds is 3. The van der Waals surface area contributed by atoms with Gasteiger partial charge >= 0.3 is 0 Å². The topological polar surface area (TPSA) is 78.4 Å². The molecule has 2 amide bonds. The van der Waals surface area contributed by atoms with E-state index < -0.39 is 0 Å². The van der Waals surface area contributed by atoms with Crippen LogP contribution in [0.2, 0.25) is 5.02 Å². The van der Waals surface area contributed by atoms with E-state index in [9.17, 15) is 14.7 Å². The van der Waals surface area contributed by atoms with E-state index >= 15 is 0 Å². The van der Waals surface area contributed by atoms with E-state index in [1.165, 1.54) is 6.07 Å². The second-order valence-electron chi connectivity index (χ2n) is 4.17. The van der Waals surface area contributed by atoms with E-state index in [1.807, 2.05) is 0 Å². The molecule has 96 valence electrons. The lowest BCUT2D eigenvalue weighted by atomic mass is 10.1. The van der Waals surface area contributed by atoms with Crippen LogP contribution in [-0.4, -0.2) is 23.0 Å². The maximum atomic E-state index is 11.5. The molecular formula is C12H13ClN2O3. The average molecular weight is 269 g/mol. The van der Waals surface area contributed by atoms with Crippen molar-refractivity contribution in [2.75, 3.05) is 0 Å². The van der Waals surface area contributed by atoms with Crippen LogP contribution in [0.5, 0.6) is 5.75 Å². The van der Waals surface area contributed by atoms with Crippen molar-refractivity contribution in [3.63, 3.8) is 0 Å². The molecule has 0 spiro atoms. The average Bonchev–Trinajstić information content (AvgIpc) is 2.32. The highest BCUT2D eigenvalue weighted by Crippen LogP contribution is 2.23. The van der Waals surface area contributed by atoms with Gasteiger partial charge in [0.2, 0.25) is 11.8 Å². The summed E-state index contributed by atoms with van der Waals surface area (Å²) in [4.78, 5) is 22.5. The lowest BCUT2D eigenvalue weighted by molar-refractivity contribution is -0.134. The van der Waals surface area contributed by atoms with Crippen molar-refractivity contribution in [1.29, 1.82) is 0 Å². The van der Waals surface area contributed by atoms with Crippen molar-refractivity contribution in [1.82, 2.24) is 10.6 Å². The molecule has 18 heavy (non-hydrogen) atoms. The monoisotopic (exact) mass is 268 g/mol. The summed E-state index contributed by atoms with van der Waals surface area (Å²) >= 11 is 5.78. The van der Waals surface area contributed by atoms with E-state index in [0.717, 1.165) is 5.56 Å². The summed E-state index contributed by atoms with van der Waals surface area (Å²) < 4.78 is 0. The fourth-order valence-corrected chi connectivity index (χ4v) is 1.99. The van der Waals surface area contributed by atoms with Crippen molar-refractivity contribution in [2.24, 2.45) is 0 Å². The van der Waals surface area contributed by atoms with Crippen LogP contribution in [0.25, 0.3) is 0 Å². The minimum Gasteiger partial charge on any atom is -0.506 e. The van der Waals surface area contributed by atoms with E-state index in [1.54, 1.807) is 12.1 Å². The highest BCUT2D eigenvalue weighted by Gasteiger charge is 2.25. The van der Waals surface area contributed by atoms with Crippen LogP contribution in [0.3, 0.4) is 0 Å². The normalized spacial score (nSPS) is 19.7. The van der Waals surface area contributed by atoms with Gasteiger partial charge in [-0.25, -0.2) is 0 Å². The summed E-state index contributed by atoms with van der Waals surface area (Å²) in [6, 6.07) is 4.50. The molecule has 1 fully saturated rings. The fraction of sp³-hybridized carbons (Fsp3) is 0.333. The molecule has 0 bridgehead atoms. The summed E-state index contributed by atoms with van der Waals surface area (Å²) in [5, 5.41) is 14.9. The Bertz CT molecular complexity index is 490. The number of phenolic OH excluding ortho intramolecular Hbond substituents is 1. The van der Waals surface area contributed by atoms with Gasteiger partial charge in [-0.15, -0.1) is 0 Å². The number of hydrogen-bond donors (Lipinski definition) is 3. The predicted octanol–water partition coefficient (Wildman–Crippen LogP) is 0.940. The molecule has 1 aromatic rings. The standard InChI is InChI=1S/C12H13ClN2O3/c13-8-5-7(1-3-10(8)16)6-14-9-2-4-11(17)15-12(9)18/h1,3,5,9,14,16H,2,4,6H2,(H,15,17,18). The molecule has 1 heterocycles. The van der Waals surface area contributed by atoms with Gasteiger partial charge in [0.15, 0.2) is 0 Å². The summed E-state index contributed by atoms with van der Waals surface area (Å²) in [5.74, 6) is -0.497. The van der Waals surface area contributed by atoms with Gasteiger partial charge in [-0.05, 0) is 24.1 Å². The molecule has 0 radical (unpaired) electrons. The Morgan fingerprint density at radius 3 is 2.89 bits per heavy atom. The van der Waals surface area contributed by atoms with Crippen LogP contribution in [0.15, 0.2) is 18.2 Å². The predicted molar refractivity (Wildman–Crippen MR) is 66.1 cm³/mol. The van der Waals surface area contributed by atoms with Crippen LogP contribution < -0.4 is 10.6 Å². The van der Waals surface area contributed by atoms with Gasteiger partial charge in [0, 0.05) is 13.0 Å². The van der Waals surface area contributed by atoms with E-state index in [-0.39, 0.29) is 28.6 Å². The second-order valence-corrected chi connectivity index (χ2v) is 4.58. The first kappa shape index (κ1) is 12.9. The maximum Gasteiger partial charge on any atom is 0.243 e. The molecule has 5 nitrogen and oxygen atoms in total. The molecule has 1 unspecified atom stereocenters. The first-order chi connectivity index (χ1) is 8.56. The maximum absolute atomic E-state index is 11.5. The van der Waals surface area contributed by atoms with Crippen LogP contribution >= 0.6 is 11.6 Å². The molecule has 1 atom stereocenters. The largest absolute Gasteiger partial charge is 0.506 e. The molecule has 1 saturated heterocycles. The molecule has 3 N–H and O–H groups in total. The number of halogens is 1. The number of nitrogens with one attached hydrogen (secondary N) is 2. The highest BCUT2D eigenvalue weighted by atomic mass is 35.5. The van der Waals surface area contributed by atoms with Crippen molar-refractivity contribution < 1.29 is 14.7 Å². The first-order valence-electron chi connectivity index (χ1n) is 5.61. The summed E-state index contributed by atoms with van der Waals surface area (Å²) in [6.07, 6.45) is 0.843. The van der Waals surface area contributed by atoms with E-state index in [0.29, 0.717) is 19.4 Å². The van der Waals surface area contributed by atoms with Gasteiger partial charge in [0.25, 0.3) is 0 Å². The Morgan fingerprint density at radius 2 is 2.22 bits per heavy atom. The van der Waals surface area contributed by atoms with E-state index in [4.69, 9.17) is 11.6 Å². The van der Waals surface area contributed by atoms with Gasteiger partial charge in [0.1, 0.15) is 5.75 Å². The quantitative estimate of drug-likeness (QED) is 0.713. The van der Waals surface area contributed by atoms with E-state index in [2.05, 4.69) is 10.6 Å². The number of carbonyl (C=O) groups excluding carboxylic acids is 2. The minimum absolute atomic E-state index is 0.0291. The van der Waals surface area contributed by atoms with Crippen molar-refractivity contribution in [2.45, 2.75) is 25.4 Å². The number of aromatic hydroxyl groups is 1. The molecule has 0 aromatic heterocycles. The molecule has 0 aliphatic carbocycles. The molecule has 1 aliphatic rings. The molecule has 1 aliphatic heterocycles. The van der Waals surface area contributed by atoms with Gasteiger partial charge in [-0.3, -0.25) is 14.9 Å². The van der Waals surface area contributed by atoms with Gasteiger partial charge in [0.05, 0.1) is 11.1 Å². The number of piperidine rings is 1.